The van der Waals surface area contributed by atoms with Crippen LogP contribution in [0.5, 0.6) is 0 Å². The van der Waals surface area contributed by atoms with Crippen LogP contribution in [-0.4, -0.2) is 119 Å². The number of rotatable bonds is 13. The molecule has 3 aromatic rings. The molecule has 0 spiro atoms. The molecule has 2 aromatic carbocycles. The molecule has 1 saturated heterocycles. The topological polar surface area (TPSA) is 243 Å². The Bertz CT molecular complexity index is 1730. The molecule has 54 heavy (non-hydrogen) atoms. The zero-order valence-corrected chi connectivity index (χ0v) is 29.2. The fraction of sp³-hybridized carbons (Fsp3) is 0.533. The van der Waals surface area contributed by atoms with E-state index < -0.39 is 97.8 Å². The van der Waals surface area contributed by atoms with E-state index in [1.165, 1.54) is 19.1 Å². The third-order valence-electron chi connectivity index (χ3n) is 7.93. The number of hydrogen-bond acceptors (Lipinski definition) is 12. The van der Waals surface area contributed by atoms with Crippen molar-refractivity contribution in [1.82, 2.24) is 24.8 Å². The summed E-state index contributed by atoms with van der Waals surface area (Å²) in [6.07, 6.45) is -18.5. The van der Waals surface area contributed by atoms with E-state index in [4.69, 9.17) is 29.9 Å². The number of hydrogen-bond donors (Lipinski definition) is 9. The van der Waals surface area contributed by atoms with E-state index in [2.05, 4.69) is 15.4 Å². The van der Waals surface area contributed by atoms with Crippen molar-refractivity contribution in [3.63, 3.8) is 0 Å². The summed E-state index contributed by atoms with van der Waals surface area (Å²) in [6.45, 7) is 0.473. The Kier molecular flexibility index (Phi) is 15.5. The number of nitrogens with one attached hydrogen (secondary N) is 2. The van der Waals surface area contributed by atoms with Gasteiger partial charge in [0, 0.05) is 13.1 Å². The maximum absolute atomic E-state index is 13.7. The highest BCUT2D eigenvalue weighted by Crippen LogP contribution is 2.40. The highest BCUT2D eigenvalue weighted by molar-refractivity contribution is 7.49. The number of H-pyrrole nitrogens is 1. The predicted molar refractivity (Wildman–Crippen MR) is 171 cm³/mol. The van der Waals surface area contributed by atoms with E-state index in [-0.39, 0.29) is 42.6 Å². The van der Waals surface area contributed by atoms with Crippen LogP contribution in [0.4, 0.5) is 30.7 Å². The fourth-order valence-electron chi connectivity index (χ4n) is 5.19. The van der Waals surface area contributed by atoms with Crippen molar-refractivity contribution in [2.45, 2.75) is 68.7 Å². The maximum atomic E-state index is 13.7. The van der Waals surface area contributed by atoms with Crippen LogP contribution in [0, 0.1) is 5.82 Å². The lowest BCUT2D eigenvalue weighted by Crippen LogP contribution is -2.48. The summed E-state index contributed by atoms with van der Waals surface area (Å²) >= 11 is 0. The Morgan fingerprint density at radius 2 is 1.56 bits per heavy atom. The van der Waals surface area contributed by atoms with Gasteiger partial charge in [-0.3, -0.25) is 9.88 Å². The molecular weight excluding hydrogens is 770 g/mol. The highest BCUT2D eigenvalue weighted by Gasteiger charge is 2.40. The van der Waals surface area contributed by atoms with Gasteiger partial charge in [-0.2, -0.15) is 26.3 Å². The minimum Gasteiger partial charge on any atom is -0.394 e. The molecule has 16 nitrogen and oxygen atoms in total. The monoisotopic (exact) mass is 809 g/mol. The SMILES string of the molecule is CNC[C@H](O)[C@@H](O)[C@H](O)[C@H](O)CO.C[C@H](O[C@@H]1OCCN(Cc2nn(P(=O)(O)O)c(=O)[nH]2)[C@H]1c1ccc(F)cc1)c1cc(C(F)(F)F)cc(C(F)(F)F)c1. The van der Waals surface area contributed by atoms with E-state index in [0.717, 1.165) is 12.1 Å². The molecule has 1 aliphatic heterocycles. The molecule has 2 heterocycles. The van der Waals surface area contributed by atoms with Gasteiger partial charge < -0.3 is 50.1 Å². The summed E-state index contributed by atoms with van der Waals surface area (Å²) in [5.74, 6) is -0.775. The van der Waals surface area contributed by atoms with Crippen molar-refractivity contribution in [3.05, 3.63) is 86.8 Å². The normalized spacial score (nSPS) is 20.1. The lowest BCUT2D eigenvalue weighted by molar-refractivity contribution is -0.231. The molecule has 4 rings (SSSR count). The van der Waals surface area contributed by atoms with Crippen LogP contribution in [0.3, 0.4) is 0 Å². The van der Waals surface area contributed by atoms with Crippen LogP contribution in [0.1, 0.15) is 47.1 Å². The molecule has 24 heteroatoms. The molecule has 0 aliphatic carbocycles. The largest absolute Gasteiger partial charge is 0.454 e. The second-order valence-corrected chi connectivity index (χ2v) is 13.4. The number of aliphatic hydroxyl groups excluding tert-OH is 5. The van der Waals surface area contributed by atoms with Crippen LogP contribution in [-0.2, 0) is 32.9 Å². The summed E-state index contributed by atoms with van der Waals surface area (Å²) in [6, 6.07) is 5.01. The third-order valence-corrected chi connectivity index (χ3v) is 8.69. The average Bonchev–Trinajstić information content (AvgIpc) is 3.47. The zero-order chi connectivity index (χ0) is 40.8. The van der Waals surface area contributed by atoms with E-state index in [1.54, 1.807) is 11.9 Å². The van der Waals surface area contributed by atoms with Gasteiger partial charge in [-0.25, -0.2) is 13.8 Å². The van der Waals surface area contributed by atoms with Gasteiger partial charge in [0.2, 0.25) is 0 Å². The Hall–Kier alpha value is -3.32. The van der Waals surface area contributed by atoms with Gasteiger partial charge in [0.25, 0.3) is 0 Å². The van der Waals surface area contributed by atoms with Gasteiger partial charge in [-0.1, -0.05) is 12.1 Å². The zero-order valence-electron chi connectivity index (χ0n) is 28.3. The molecule has 7 atom stereocenters. The number of morpholine rings is 1. The Morgan fingerprint density at radius 1 is 1.00 bits per heavy atom. The highest BCUT2D eigenvalue weighted by atomic mass is 31.2. The smallest absolute Gasteiger partial charge is 0.394 e. The minimum atomic E-state index is -5.07. The van der Waals surface area contributed by atoms with E-state index >= 15 is 0 Å². The number of likely N-dealkylation sites (N-methyl/N-ethyl adjacent to an activating group) is 1. The van der Waals surface area contributed by atoms with Crippen LogP contribution in [0.2, 0.25) is 0 Å². The number of ether oxygens (including phenoxy) is 2. The molecule has 0 radical (unpaired) electrons. The van der Waals surface area contributed by atoms with Gasteiger partial charge in [0.05, 0.1) is 49.1 Å². The molecule has 0 unspecified atom stereocenters. The second kappa shape index (κ2) is 18.5. The van der Waals surface area contributed by atoms with Gasteiger partial charge in [-0.05, 0) is 55.4 Å². The summed E-state index contributed by atoms with van der Waals surface area (Å²) < 4.78 is 117. The predicted octanol–water partition coefficient (Wildman–Crippen LogP) is 1.01. The molecule has 0 saturated carbocycles. The lowest BCUT2D eigenvalue weighted by Gasteiger charge is -2.41. The first-order chi connectivity index (χ1) is 25.0. The first-order valence-corrected chi connectivity index (χ1v) is 17.3. The minimum absolute atomic E-state index is 0.00603. The fourth-order valence-corrected chi connectivity index (χ4v) is 5.70. The van der Waals surface area contributed by atoms with Crippen LogP contribution in [0.15, 0.2) is 47.3 Å². The van der Waals surface area contributed by atoms with Crippen molar-refractivity contribution in [1.29, 1.82) is 0 Å². The number of aromatic nitrogens is 3. The molecular formula is C30H39F7N5O11P. The number of aromatic amines is 1. The Labute approximate surface area is 301 Å². The number of aliphatic hydroxyl groups is 5. The molecule has 1 aliphatic rings. The van der Waals surface area contributed by atoms with Gasteiger partial charge in [0.1, 0.15) is 30.0 Å². The quantitative estimate of drug-likeness (QED) is 0.0865. The van der Waals surface area contributed by atoms with Crippen LogP contribution >= 0.6 is 7.75 Å². The first-order valence-electron chi connectivity index (χ1n) is 15.8. The standard InChI is InChI=1S/C23H22F7N4O6P.C7H17NO5/c1-12(14-8-15(22(25,26)27)10-16(9-14)23(28,29)30)40-20-19(13-2-4-17(24)5-3-13)33(6-7-39-20)11-18-31-21(35)34(32-18)41(36,37)38;1-8-2-4(10)6(12)7(13)5(11)3-9/h2-5,8-10,12,19-20H,6-7,11H2,1H3,(H,31,32,35)(H2,36,37,38);4-13H,2-3H2,1H3/t12-,19-,20-;4-,5+,6+,7+/m00/s1. The van der Waals surface area contributed by atoms with Gasteiger partial charge in [-0.15, -0.1) is 9.55 Å². The van der Waals surface area contributed by atoms with E-state index in [1.807, 2.05) is 0 Å². The first kappa shape index (κ1) is 45.1. The van der Waals surface area contributed by atoms with E-state index in [9.17, 15) is 55.0 Å². The summed E-state index contributed by atoms with van der Waals surface area (Å²) in [4.78, 5) is 34.3. The summed E-state index contributed by atoms with van der Waals surface area (Å²) in [7, 11) is -3.50. The van der Waals surface area contributed by atoms with Crippen molar-refractivity contribution >= 4 is 7.75 Å². The van der Waals surface area contributed by atoms with Crippen molar-refractivity contribution in [3.8, 4) is 0 Å². The van der Waals surface area contributed by atoms with Crippen LogP contribution < -0.4 is 11.0 Å². The number of nitrogens with zero attached hydrogens (tertiary/aromatic N) is 3. The van der Waals surface area contributed by atoms with Crippen molar-refractivity contribution in [2.75, 3.05) is 33.4 Å². The lowest BCUT2D eigenvalue weighted by atomic mass is 10.0. The summed E-state index contributed by atoms with van der Waals surface area (Å²) in [5, 5.41) is 51.1. The second-order valence-electron chi connectivity index (χ2n) is 12.0. The summed E-state index contributed by atoms with van der Waals surface area (Å²) in [5.41, 5.74) is -4.31. The maximum Gasteiger partial charge on any atom is 0.454 e. The van der Waals surface area contributed by atoms with Gasteiger partial charge >= 0.3 is 25.8 Å². The van der Waals surface area contributed by atoms with Crippen molar-refractivity contribution in [2.24, 2.45) is 0 Å². The van der Waals surface area contributed by atoms with E-state index in [0.29, 0.717) is 17.7 Å². The molecule has 9 N–H and O–H groups in total. The molecule has 1 fully saturated rings. The number of alkyl halides is 6. The third kappa shape index (κ3) is 12.1. The van der Waals surface area contributed by atoms with Crippen LogP contribution in [0.25, 0.3) is 0 Å². The molecule has 0 bridgehead atoms. The number of halogens is 7. The average molecular weight is 810 g/mol. The Balaban J connectivity index is 0.000000515. The van der Waals surface area contributed by atoms with Gasteiger partial charge in [0.15, 0.2) is 6.29 Å². The Morgan fingerprint density at radius 3 is 2.04 bits per heavy atom. The molecule has 0 amide bonds. The number of benzene rings is 2. The van der Waals surface area contributed by atoms with Crippen molar-refractivity contribution < 1.29 is 80.1 Å². The molecule has 1 aromatic heterocycles. The molecule has 304 valence electrons.